The average molecular weight is 494 g/mol. The number of sulfonamides is 2. The number of nitrogens with zero attached hydrogens (tertiary/aromatic N) is 2. The largest absolute Gasteiger partial charge is 0.465 e. The number of carbonyl (C=O) groups is 2. The van der Waals surface area contributed by atoms with Gasteiger partial charge in [0.05, 0.1) is 19.2 Å². The fourth-order valence-corrected chi connectivity index (χ4v) is 7.47. The molecule has 30 heavy (non-hydrogen) atoms. The third-order valence-electron chi connectivity index (χ3n) is 4.36. The quantitative estimate of drug-likeness (QED) is 0.553. The molecule has 0 bridgehead atoms. The summed E-state index contributed by atoms with van der Waals surface area (Å²) in [7, 11) is -6.34. The van der Waals surface area contributed by atoms with Crippen LogP contribution in [0.15, 0.2) is 37.4 Å². The van der Waals surface area contributed by atoms with Crippen LogP contribution < -0.4 is 4.72 Å². The van der Waals surface area contributed by atoms with Gasteiger partial charge in [-0.15, -0.1) is 22.7 Å². The molecule has 1 amide bonds. The third-order valence-corrected chi connectivity index (χ3v) is 10.5. The maximum absolute atomic E-state index is 12.8. The highest BCUT2D eigenvalue weighted by Crippen LogP contribution is 2.25. The van der Waals surface area contributed by atoms with E-state index >= 15 is 0 Å². The minimum absolute atomic E-state index is 0.0198. The number of hydrogen-bond donors (Lipinski definition) is 1. The molecule has 1 aliphatic rings. The zero-order chi connectivity index (χ0) is 21.9. The summed E-state index contributed by atoms with van der Waals surface area (Å²) in [6.07, 6.45) is 0. The molecule has 14 heteroatoms. The molecule has 0 spiro atoms. The lowest BCUT2D eigenvalue weighted by atomic mass is 10.3. The number of piperazine rings is 1. The van der Waals surface area contributed by atoms with Crippen molar-refractivity contribution >= 4 is 54.6 Å². The van der Waals surface area contributed by atoms with Crippen LogP contribution in [0, 0.1) is 0 Å². The molecule has 0 unspecified atom stereocenters. The van der Waals surface area contributed by atoms with Gasteiger partial charge >= 0.3 is 5.97 Å². The molecule has 0 atom stereocenters. The Morgan fingerprint density at radius 1 is 1.10 bits per heavy atom. The highest BCUT2D eigenvalue weighted by Gasteiger charge is 2.32. The lowest BCUT2D eigenvalue weighted by Gasteiger charge is -2.33. The molecule has 3 heterocycles. The number of thiophene rings is 2. The van der Waals surface area contributed by atoms with Crippen molar-refractivity contribution in [2.24, 2.45) is 0 Å². The third kappa shape index (κ3) is 4.90. The predicted octanol–water partition coefficient (Wildman–Crippen LogP) is 0.408. The van der Waals surface area contributed by atoms with Gasteiger partial charge < -0.3 is 9.64 Å². The first-order chi connectivity index (χ1) is 14.1. The number of amides is 1. The number of esters is 1. The molecule has 3 rings (SSSR count). The predicted molar refractivity (Wildman–Crippen MR) is 111 cm³/mol. The summed E-state index contributed by atoms with van der Waals surface area (Å²) < 4.78 is 58.0. The van der Waals surface area contributed by atoms with Crippen LogP contribution >= 0.6 is 22.7 Å². The SMILES string of the molecule is COC(=O)c1csc(S(=O)(=O)N2CCN(C(=O)CNS(=O)(=O)c3cccs3)CC2)c1. The van der Waals surface area contributed by atoms with Crippen LogP contribution in [0.4, 0.5) is 0 Å². The number of carbonyl (C=O) groups excluding carboxylic acids is 2. The van der Waals surface area contributed by atoms with Crippen molar-refractivity contribution < 1.29 is 31.2 Å². The average Bonchev–Trinajstić information content (AvgIpc) is 3.44. The molecule has 1 saturated heterocycles. The van der Waals surface area contributed by atoms with Crippen molar-refractivity contribution in [1.82, 2.24) is 13.9 Å². The summed E-state index contributed by atoms with van der Waals surface area (Å²) in [4.78, 5) is 25.3. The molecular formula is C16H19N3O7S4. The summed E-state index contributed by atoms with van der Waals surface area (Å²) in [6, 6.07) is 4.31. The summed E-state index contributed by atoms with van der Waals surface area (Å²) in [5.41, 5.74) is 0.160. The van der Waals surface area contributed by atoms with Crippen molar-refractivity contribution in [1.29, 1.82) is 0 Å². The van der Waals surface area contributed by atoms with Gasteiger partial charge in [-0.2, -0.15) is 4.31 Å². The molecule has 0 radical (unpaired) electrons. The zero-order valence-corrected chi connectivity index (χ0v) is 19.1. The Morgan fingerprint density at radius 3 is 2.40 bits per heavy atom. The maximum Gasteiger partial charge on any atom is 0.338 e. The highest BCUT2D eigenvalue weighted by molar-refractivity contribution is 7.91. The van der Waals surface area contributed by atoms with Gasteiger partial charge in [-0.3, -0.25) is 4.79 Å². The van der Waals surface area contributed by atoms with E-state index in [4.69, 9.17) is 0 Å². The van der Waals surface area contributed by atoms with Gasteiger partial charge in [0, 0.05) is 31.6 Å². The number of nitrogens with one attached hydrogen (secondary N) is 1. The fraction of sp³-hybridized carbons (Fsp3) is 0.375. The van der Waals surface area contributed by atoms with E-state index in [0.29, 0.717) is 0 Å². The molecule has 1 N–H and O–H groups in total. The molecule has 2 aromatic rings. The van der Waals surface area contributed by atoms with E-state index in [-0.39, 0.29) is 40.2 Å². The number of ether oxygens (including phenoxy) is 1. The molecule has 1 aliphatic heterocycles. The van der Waals surface area contributed by atoms with Gasteiger partial charge in [-0.1, -0.05) is 6.07 Å². The second-order valence-corrected chi connectivity index (χ2v) is 12.2. The van der Waals surface area contributed by atoms with Crippen LogP contribution in [0.2, 0.25) is 0 Å². The Bertz CT molecular complexity index is 1120. The van der Waals surface area contributed by atoms with Crippen molar-refractivity contribution in [3.05, 3.63) is 34.5 Å². The smallest absolute Gasteiger partial charge is 0.338 e. The van der Waals surface area contributed by atoms with Crippen molar-refractivity contribution in [3.8, 4) is 0 Å². The van der Waals surface area contributed by atoms with E-state index in [1.54, 1.807) is 11.4 Å². The van der Waals surface area contributed by atoms with Gasteiger partial charge in [0.1, 0.15) is 8.42 Å². The van der Waals surface area contributed by atoms with E-state index in [2.05, 4.69) is 9.46 Å². The number of hydrogen-bond acceptors (Lipinski definition) is 9. The van der Waals surface area contributed by atoms with Gasteiger partial charge in [-0.25, -0.2) is 26.4 Å². The Labute approximate surface area is 182 Å². The van der Waals surface area contributed by atoms with Gasteiger partial charge in [0.2, 0.25) is 5.91 Å². The molecule has 10 nitrogen and oxygen atoms in total. The Kier molecular flexibility index (Phi) is 6.94. The molecular weight excluding hydrogens is 474 g/mol. The molecule has 0 saturated carbocycles. The lowest BCUT2D eigenvalue weighted by Crippen LogP contribution is -2.52. The van der Waals surface area contributed by atoms with Crippen LogP contribution in [-0.2, 0) is 29.6 Å². The van der Waals surface area contributed by atoms with Crippen LogP contribution in [0.5, 0.6) is 0 Å². The van der Waals surface area contributed by atoms with Crippen LogP contribution in [0.3, 0.4) is 0 Å². The highest BCUT2D eigenvalue weighted by atomic mass is 32.3. The van der Waals surface area contributed by atoms with Gasteiger partial charge in [0.15, 0.2) is 0 Å². The molecule has 1 fully saturated rings. The molecule has 0 aliphatic carbocycles. The summed E-state index contributed by atoms with van der Waals surface area (Å²) >= 11 is 1.97. The van der Waals surface area contributed by atoms with Gasteiger partial charge in [0.25, 0.3) is 20.0 Å². The van der Waals surface area contributed by atoms with E-state index in [0.717, 1.165) is 22.7 Å². The monoisotopic (exact) mass is 493 g/mol. The second-order valence-electron chi connectivity index (χ2n) is 6.19. The summed E-state index contributed by atoms with van der Waals surface area (Å²) in [5, 5.41) is 3.04. The Balaban J connectivity index is 1.57. The van der Waals surface area contributed by atoms with Crippen LogP contribution in [0.1, 0.15) is 10.4 Å². The summed E-state index contributed by atoms with van der Waals surface area (Å²) in [6.45, 7) is -0.00311. The first kappa shape index (κ1) is 22.8. The van der Waals surface area contributed by atoms with E-state index in [1.807, 2.05) is 0 Å². The first-order valence-corrected chi connectivity index (χ1v) is 13.3. The molecule has 2 aromatic heterocycles. The topological polar surface area (TPSA) is 130 Å². The fourth-order valence-electron chi connectivity index (χ4n) is 2.74. The minimum atomic E-state index is -3.80. The molecule has 0 aromatic carbocycles. The van der Waals surface area contributed by atoms with E-state index in [1.165, 1.54) is 33.8 Å². The zero-order valence-electron chi connectivity index (χ0n) is 15.8. The molecule has 164 valence electrons. The Morgan fingerprint density at radius 2 is 1.80 bits per heavy atom. The van der Waals surface area contributed by atoms with Gasteiger partial charge in [-0.05, 0) is 17.5 Å². The number of rotatable bonds is 7. The Hall–Kier alpha value is -1.84. The maximum atomic E-state index is 12.8. The van der Waals surface area contributed by atoms with Crippen LogP contribution in [-0.4, -0.2) is 77.8 Å². The number of methoxy groups -OCH3 is 1. The van der Waals surface area contributed by atoms with Crippen molar-refractivity contribution in [3.63, 3.8) is 0 Å². The van der Waals surface area contributed by atoms with Crippen molar-refractivity contribution in [2.45, 2.75) is 8.42 Å². The summed E-state index contributed by atoms with van der Waals surface area (Å²) in [5.74, 6) is -1.05. The standard InChI is InChI=1S/C16H19N3O7S4/c1-26-16(21)12-9-15(28-11-12)30(24,25)19-6-4-18(5-7-19)13(20)10-17-29(22,23)14-3-2-8-27-14/h2-3,8-9,11,17H,4-7,10H2,1H3. The first-order valence-electron chi connectivity index (χ1n) is 8.63. The normalized spacial score (nSPS) is 15.8. The van der Waals surface area contributed by atoms with E-state index < -0.39 is 38.5 Å². The van der Waals surface area contributed by atoms with Crippen LogP contribution in [0.25, 0.3) is 0 Å². The van der Waals surface area contributed by atoms with E-state index in [9.17, 15) is 26.4 Å². The van der Waals surface area contributed by atoms with Crippen molar-refractivity contribution in [2.75, 3.05) is 39.8 Å². The lowest BCUT2D eigenvalue weighted by molar-refractivity contribution is -0.131. The second kappa shape index (κ2) is 9.11. The minimum Gasteiger partial charge on any atom is -0.465 e.